The third kappa shape index (κ3) is 4.56. The number of carbonyl (C=O) groups excluding carboxylic acids is 1. The van der Waals surface area contributed by atoms with Crippen molar-refractivity contribution < 1.29 is 9.53 Å². The molecule has 2 unspecified atom stereocenters. The summed E-state index contributed by atoms with van der Waals surface area (Å²) in [6, 6.07) is 8.03. The van der Waals surface area contributed by atoms with Crippen LogP contribution >= 0.6 is 0 Å². The monoisotopic (exact) mass is 264 g/mol. The lowest BCUT2D eigenvalue weighted by atomic mass is 9.98. The lowest BCUT2D eigenvalue weighted by molar-refractivity contribution is -0.123. The van der Waals surface area contributed by atoms with Gasteiger partial charge in [-0.05, 0) is 37.0 Å². The zero-order valence-corrected chi connectivity index (χ0v) is 12.0. The van der Waals surface area contributed by atoms with E-state index in [9.17, 15) is 4.79 Å². The smallest absolute Gasteiger partial charge is 0.237 e. The van der Waals surface area contributed by atoms with Gasteiger partial charge >= 0.3 is 0 Å². The number of amides is 1. The van der Waals surface area contributed by atoms with Crippen LogP contribution < -0.4 is 16.2 Å². The van der Waals surface area contributed by atoms with Crippen LogP contribution in [-0.2, 0) is 4.79 Å². The van der Waals surface area contributed by atoms with E-state index in [0.717, 1.165) is 12.2 Å². The fraction of sp³-hybridized carbons (Fsp3) is 0.533. The van der Waals surface area contributed by atoms with Crippen molar-refractivity contribution >= 4 is 5.91 Å². The zero-order chi connectivity index (χ0) is 14.5. The van der Waals surface area contributed by atoms with Crippen molar-refractivity contribution in [3.8, 4) is 5.75 Å². The Balaban J connectivity index is 2.49. The Morgan fingerprint density at radius 1 is 1.37 bits per heavy atom. The van der Waals surface area contributed by atoms with Crippen LogP contribution in [-0.4, -0.2) is 18.1 Å². The predicted octanol–water partition coefficient (Wildman–Crippen LogP) is 2.17. The first-order valence-electron chi connectivity index (χ1n) is 6.68. The van der Waals surface area contributed by atoms with Crippen LogP contribution in [0.5, 0.6) is 5.75 Å². The molecular weight excluding hydrogens is 240 g/mol. The van der Waals surface area contributed by atoms with Gasteiger partial charge in [-0.2, -0.15) is 0 Å². The van der Waals surface area contributed by atoms with E-state index in [4.69, 9.17) is 16.2 Å². The van der Waals surface area contributed by atoms with Crippen molar-refractivity contribution in [1.29, 1.82) is 0 Å². The van der Waals surface area contributed by atoms with E-state index in [1.54, 1.807) is 6.92 Å². The average Bonchev–Trinajstić information content (AvgIpc) is 2.38. The molecule has 1 rings (SSSR count). The molecule has 1 amide bonds. The van der Waals surface area contributed by atoms with Gasteiger partial charge in [-0.3, -0.25) is 4.79 Å². The molecule has 0 aliphatic carbocycles. The van der Waals surface area contributed by atoms with Crippen molar-refractivity contribution in [2.45, 2.75) is 45.1 Å². The highest BCUT2D eigenvalue weighted by Gasteiger charge is 2.25. The number of rotatable bonds is 7. The van der Waals surface area contributed by atoms with Crippen molar-refractivity contribution in [3.63, 3.8) is 0 Å². The van der Waals surface area contributed by atoms with E-state index in [0.29, 0.717) is 18.9 Å². The quantitative estimate of drug-likeness (QED) is 0.792. The van der Waals surface area contributed by atoms with Gasteiger partial charge in [0.1, 0.15) is 5.75 Å². The van der Waals surface area contributed by atoms with Gasteiger partial charge in [-0.15, -0.1) is 0 Å². The first-order valence-corrected chi connectivity index (χ1v) is 6.68. The Morgan fingerprint density at radius 2 is 1.95 bits per heavy atom. The number of hydrogen-bond acceptors (Lipinski definition) is 3. The van der Waals surface area contributed by atoms with Gasteiger partial charge in [0.2, 0.25) is 5.91 Å². The summed E-state index contributed by atoms with van der Waals surface area (Å²) in [5.74, 6) is 0.826. The number of primary amides is 1. The van der Waals surface area contributed by atoms with Crippen molar-refractivity contribution in [3.05, 3.63) is 29.8 Å². The molecular formula is C15H24N2O2. The molecule has 0 saturated carbocycles. The molecule has 0 heterocycles. The number of hydrogen-bond donors (Lipinski definition) is 2. The second-order valence-corrected chi connectivity index (χ2v) is 5.26. The first-order chi connectivity index (χ1) is 8.86. The summed E-state index contributed by atoms with van der Waals surface area (Å²) in [5, 5.41) is 0. The van der Waals surface area contributed by atoms with Crippen molar-refractivity contribution in [2.24, 2.45) is 11.5 Å². The number of nitrogens with two attached hydrogens (primary N) is 2. The van der Waals surface area contributed by atoms with Gasteiger partial charge in [-0.1, -0.05) is 26.0 Å². The van der Waals surface area contributed by atoms with E-state index in [1.165, 1.54) is 5.56 Å². The minimum absolute atomic E-state index is 0.374. The predicted molar refractivity (Wildman–Crippen MR) is 77.0 cm³/mol. The minimum atomic E-state index is -1.02. The second kappa shape index (κ2) is 6.57. The normalized spacial score (nSPS) is 15.6. The summed E-state index contributed by atoms with van der Waals surface area (Å²) in [5.41, 5.74) is 11.2. The summed E-state index contributed by atoms with van der Waals surface area (Å²) in [4.78, 5) is 11.1. The lowest BCUT2D eigenvalue weighted by Gasteiger charge is -2.20. The van der Waals surface area contributed by atoms with Gasteiger partial charge < -0.3 is 16.2 Å². The van der Waals surface area contributed by atoms with Gasteiger partial charge in [-0.25, -0.2) is 0 Å². The summed E-state index contributed by atoms with van der Waals surface area (Å²) in [6.07, 6.45) is 1.51. The molecule has 0 saturated heterocycles. The van der Waals surface area contributed by atoms with E-state index < -0.39 is 11.4 Å². The van der Waals surface area contributed by atoms with E-state index in [2.05, 4.69) is 26.0 Å². The molecule has 4 N–H and O–H groups in total. The molecule has 4 heteroatoms. The Bertz CT molecular complexity index is 413. The highest BCUT2D eigenvalue weighted by molar-refractivity contribution is 5.83. The topological polar surface area (TPSA) is 78.3 Å². The summed E-state index contributed by atoms with van der Waals surface area (Å²) in [7, 11) is 0. The molecule has 0 bridgehead atoms. The molecule has 4 nitrogen and oxygen atoms in total. The molecule has 0 aromatic heterocycles. The summed E-state index contributed by atoms with van der Waals surface area (Å²) >= 11 is 0. The van der Waals surface area contributed by atoms with Crippen LogP contribution in [0.2, 0.25) is 0 Å². The van der Waals surface area contributed by atoms with Gasteiger partial charge in [0.25, 0.3) is 0 Å². The maximum Gasteiger partial charge on any atom is 0.237 e. The molecule has 0 radical (unpaired) electrons. The number of benzene rings is 1. The summed E-state index contributed by atoms with van der Waals surface area (Å²) in [6.45, 7) is 6.35. The molecule has 1 aromatic rings. The Hall–Kier alpha value is -1.55. The van der Waals surface area contributed by atoms with Gasteiger partial charge in [0.15, 0.2) is 0 Å². The number of carbonyl (C=O) groups is 1. The van der Waals surface area contributed by atoms with Crippen molar-refractivity contribution in [1.82, 2.24) is 0 Å². The molecule has 0 fully saturated rings. The standard InChI is InChI=1S/C15H24N2O2/c1-4-11(2)12-5-7-13(8-6-12)19-10-9-15(3,17)14(16)18/h5-8,11H,4,9-10,17H2,1-3H3,(H2,16,18). The van der Waals surface area contributed by atoms with Crippen LogP contribution in [0, 0.1) is 0 Å². The largest absolute Gasteiger partial charge is 0.494 e. The first kappa shape index (κ1) is 15.5. The lowest BCUT2D eigenvalue weighted by Crippen LogP contribution is -2.50. The third-order valence-corrected chi connectivity index (χ3v) is 3.51. The SMILES string of the molecule is CCC(C)c1ccc(OCCC(C)(N)C(N)=O)cc1. The molecule has 2 atom stereocenters. The third-order valence-electron chi connectivity index (χ3n) is 3.51. The Kier molecular flexibility index (Phi) is 5.36. The Morgan fingerprint density at radius 3 is 2.42 bits per heavy atom. The zero-order valence-electron chi connectivity index (χ0n) is 12.0. The fourth-order valence-corrected chi connectivity index (χ4v) is 1.63. The fourth-order valence-electron chi connectivity index (χ4n) is 1.63. The van der Waals surface area contributed by atoms with Crippen LogP contribution in [0.1, 0.15) is 45.1 Å². The van der Waals surface area contributed by atoms with Crippen LogP contribution in [0.25, 0.3) is 0 Å². The molecule has 0 aliphatic rings. The maximum atomic E-state index is 11.1. The van der Waals surface area contributed by atoms with E-state index in [1.807, 2.05) is 12.1 Å². The van der Waals surface area contributed by atoms with Crippen LogP contribution in [0.4, 0.5) is 0 Å². The highest BCUT2D eigenvalue weighted by Crippen LogP contribution is 2.21. The molecule has 106 valence electrons. The Labute approximate surface area is 115 Å². The van der Waals surface area contributed by atoms with E-state index >= 15 is 0 Å². The van der Waals surface area contributed by atoms with Gasteiger partial charge in [0, 0.05) is 6.42 Å². The van der Waals surface area contributed by atoms with Gasteiger partial charge in [0.05, 0.1) is 12.1 Å². The van der Waals surface area contributed by atoms with E-state index in [-0.39, 0.29) is 0 Å². The van der Waals surface area contributed by atoms with Crippen LogP contribution in [0.3, 0.4) is 0 Å². The molecule has 0 spiro atoms. The van der Waals surface area contributed by atoms with Crippen LogP contribution in [0.15, 0.2) is 24.3 Å². The van der Waals surface area contributed by atoms with Crippen molar-refractivity contribution in [2.75, 3.05) is 6.61 Å². The molecule has 19 heavy (non-hydrogen) atoms. The highest BCUT2D eigenvalue weighted by atomic mass is 16.5. The summed E-state index contributed by atoms with van der Waals surface area (Å²) < 4.78 is 5.57. The second-order valence-electron chi connectivity index (χ2n) is 5.26. The minimum Gasteiger partial charge on any atom is -0.494 e. The molecule has 1 aromatic carbocycles. The molecule has 0 aliphatic heterocycles. The average molecular weight is 264 g/mol. The maximum absolute atomic E-state index is 11.1. The number of ether oxygens (including phenoxy) is 1.